The van der Waals surface area contributed by atoms with E-state index in [1.54, 1.807) is 0 Å². The van der Waals surface area contributed by atoms with E-state index in [-0.39, 0.29) is 0 Å². The number of benzene rings is 3. The number of hydrogen-bond donors (Lipinski definition) is 0. The molecule has 150 valence electrons. The highest BCUT2D eigenvalue weighted by atomic mass is 15.0. The van der Waals surface area contributed by atoms with Crippen LogP contribution in [0.5, 0.6) is 0 Å². The van der Waals surface area contributed by atoms with E-state index in [1.165, 1.54) is 21.9 Å². The van der Waals surface area contributed by atoms with Crippen LogP contribution in [0.1, 0.15) is 22.8 Å². The number of hydrogen-bond acceptors (Lipinski definition) is 3. The predicted octanol–water partition coefficient (Wildman–Crippen LogP) is 6.42. The minimum atomic E-state index is 0.526. The summed E-state index contributed by atoms with van der Waals surface area (Å²) < 4.78 is 2.24. The second kappa shape index (κ2) is 7.03. The molecule has 0 aliphatic carbocycles. The average molecular weight is 403 g/mol. The van der Waals surface area contributed by atoms with Crippen molar-refractivity contribution in [3.8, 4) is 17.1 Å². The van der Waals surface area contributed by atoms with Gasteiger partial charge in [0.25, 0.3) is 0 Å². The van der Waals surface area contributed by atoms with Crippen LogP contribution in [-0.4, -0.2) is 19.5 Å². The topological polar surface area (TPSA) is 48.0 Å². The Morgan fingerprint density at radius 2 is 1.29 bits per heavy atom. The molecule has 0 unspecified atom stereocenters. The van der Waals surface area contributed by atoms with Gasteiger partial charge in [-0.05, 0) is 63.1 Å². The first-order valence-electron chi connectivity index (χ1n) is 10.2. The van der Waals surface area contributed by atoms with Gasteiger partial charge in [-0.3, -0.25) is 0 Å². The molecule has 0 fully saturated rings. The number of aromatic nitrogens is 4. The molecule has 0 aliphatic rings. The maximum absolute atomic E-state index is 7.80. The second-order valence-electron chi connectivity index (χ2n) is 7.94. The maximum Gasteiger partial charge on any atom is 0.200 e. The molecular weight excluding hydrogens is 382 g/mol. The van der Waals surface area contributed by atoms with Gasteiger partial charge in [-0.15, -0.1) is 0 Å². The van der Waals surface area contributed by atoms with E-state index >= 15 is 0 Å². The van der Waals surface area contributed by atoms with Gasteiger partial charge in [-0.1, -0.05) is 30.3 Å². The molecule has 0 saturated heterocycles. The monoisotopic (exact) mass is 403 g/mol. The molecule has 5 heteroatoms. The van der Waals surface area contributed by atoms with Crippen LogP contribution in [0.15, 0.2) is 54.6 Å². The zero-order chi connectivity index (χ0) is 21.7. The SMILES string of the molecule is [C-]#[N+]c1cc(-n2c3cc(C)ccc3c3ccc(C)cc32)ccc1-c1nc(C)nc(C)n1. The molecule has 0 radical (unpaired) electrons. The summed E-state index contributed by atoms with van der Waals surface area (Å²) >= 11 is 0. The van der Waals surface area contributed by atoms with Crippen LogP contribution < -0.4 is 0 Å². The molecule has 0 bridgehead atoms. The van der Waals surface area contributed by atoms with Gasteiger partial charge < -0.3 is 4.57 Å². The first kappa shape index (κ1) is 19.0. The van der Waals surface area contributed by atoms with Gasteiger partial charge in [-0.2, -0.15) is 0 Å². The van der Waals surface area contributed by atoms with Crippen molar-refractivity contribution in [3.63, 3.8) is 0 Å². The third-order valence-corrected chi connectivity index (χ3v) is 5.54. The maximum atomic E-state index is 7.80. The van der Waals surface area contributed by atoms with E-state index in [9.17, 15) is 0 Å². The summed E-state index contributed by atoms with van der Waals surface area (Å²) in [7, 11) is 0. The summed E-state index contributed by atoms with van der Waals surface area (Å²) in [6, 6.07) is 19.0. The quantitative estimate of drug-likeness (QED) is 0.320. The van der Waals surface area contributed by atoms with Gasteiger partial charge in [-0.25, -0.2) is 19.8 Å². The van der Waals surface area contributed by atoms with E-state index < -0.39 is 0 Å². The van der Waals surface area contributed by atoms with Crippen LogP contribution in [0.4, 0.5) is 5.69 Å². The van der Waals surface area contributed by atoms with E-state index in [0.717, 1.165) is 22.3 Å². The van der Waals surface area contributed by atoms with Gasteiger partial charge in [0.05, 0.1) is 17.6 Å². The van der Waals surface area contributed by atoms with Crippen LogP contribution in [0.2, 0.25) is 0 Å². The predicted molar refractivity (Wildman–Crippen MR) is 125 cm³/mol. The normalized spacial score (nSPS) is 11.2. The molecule has 0 aliphatic heterocycles. The third kappa shape index (κ3) is 3.13. The van der Waals surface area contributed by atoms with Crippen molar-refractivity contribution in [2.24, 2.45) is 0 Å². The molecule has 2 heterocycles. The van der Waals surface area contributed by atoms with Gasteiger partial charge in [0.1, 0.15) is 11.6 Å². The van der Waals surface area contributed by atoms with Gasteiger partial charge in [0.15, 0.2) is 11.5 Å². The van der Waals surface area contributed by atoms with Crippen molar-refractivity contribution < 1.29 is 0 Å². The second-order valence-corrected chi connectivity index (χ2v) is 7.94. The molecule has 2 aromatic heterocycles. The van der Waals surface area contributed by atoms with E-state index in [0.29, 0.717) is 23.2 Å². The lowest BCUT2D eigenvalue weighted by atomic mass is 10.1. The van der Waals surface area contributed by atoms with Crippen LogP contribution >= 0.6 is 0 Å². The lowest BCUT2D eigenvalue weighted by molar-refractivity contribution is 0.929. The molecular formula is C26H21N5. The number of fused-ring (bicyclic) bond motifs is 3. The van der Waals surface area contributed by atoms with Crippen molar-refractivity contribution in [2.45, 2.75) is 27.7 Å². The molecule has 0 N–H and O–H groups in total. The fourth-order valence-electron chi connectivity index (χ4n) is 4.19. The smallest absolute Gasteiger partial charge is 0.200 e. The van der Waals surface area contributed by atoms with E-state index in [1.807, 2.05) is 32.0 Å². The first-order valence-corrected chi connectivity index (χ1v) is 10.2. The Bertz CT molecular complexity index is 1460. The molecule has 3 aromatic carbocycles. The lowest BCUT2D eigenvalue weighted by Gasteiger charge is -2.11. The lowest BCUT2D eigenvalue weighted by Crippen LogP contribution is -2.00. The Labute approximate surface area is 180 Å². The van der Waals surface area contributed by atoms with Gasteiger partial charge >= 0.3 is 0 Å². The summed E-state index contributed by atoms with van der Waals surface area (Å²) in [5, 5.41) is 2.41. The largest absolute Gasteiger partial charge is 0.310 e. The summed E-state index contributed by atoms with van der Waals surface area (Å²) in [5.74, 6) is 1.84. The average Bonchev–Trinajstić information content (AvgIpc) is 3.04. The van der Waals surface area contributed by atoms with Crippen molar-refractivity contribution in [2.75, 3.05) is 0 Å². The van der Waals surface area contributed by atoms with E-state index in [2.05, 4.69) is 74.6 Å². The minimum Gasteiger partial charge on any atom is -0.310 e. The van der Waals surface area contributed by atoms with Crippen LogP contribution in [0, 0.1) is 34.3 Å². The summed E-state index contributed by atoms with van der Waals surface area (Å²) in [5.41, 5.74) is 6.87. The van der Waals surface area contributed by atoms with Crippen molar-refractivity contribution in [1.82, 2.24) is 19.5 Å². The Morgan fingerprint density at radius 1 is 0.710 bits per heavy atom. The molecule has 0 amide bonds. The van der Waals surface area contributed by atoms with Crippen molar-refractivity contribution in [1.29, 1.82) is 0 Å². The Kier molecular flexibility index (Phi) is 4.30. The summed E-state index contributed by atoms with van der Waals surface area (Å²) in [6.45, 7) is 15.7. The fraction of sp³-hybridized carbons (Fsp3) is 0.154. The van der Waals surface area contributed by atoms with Crippen molar-refractivity contribution in [3.05, 3.63) is 88.8 Å². The Morgan fingerprint density at radius 3 is 1.84 bits per heavy atom. The molecule has 5 rings (SSSR count). The van der Waals surface area contributed by atoms with E-state index in [4.69, 9.17) is 6.57 Å². The standard InChI is InChI=1S/C26H21N5/c1-15-6-9-20-21-10-7-16(2)13-25(21)31(24(20)12-15)19-8-11-22(23(14-19)27-5)26-29-17(3)28-18(4)30-26/h6-14H,1-4H3. The number of nitrogens with zero attached hydrogens (tertiary/aromatic N) is 5. The molecule has 5 nitrogen and oxygen atoms in total. The van der Waals surface area contributed by atoms with Crippen LogP contribution in [-0.2, 0) is 0 Å². The molecule has 5 aromatic rings. The van der Waals surface area contributed by atoms with Crippen molar-refractivity contribution >= 4 is 27.5 Å². The number of aryl methyl sites for hydroxylation is 4. The van der Waals surface area contributed by atoms with Crippen LogP contribution in [0.3, 0.4) is 0 Å². The Balaban J connectivity index is 1.80. The zero-order valence-electron chi connectivity index (χ0n) is 17.9. The van der Waals surface area contributed by atoms with Crippen LogP contribution in [0.25, 0.3) is 43.7 Å². The first-order chi connectivity index (χ1) is 14.9. The molecule has 0 spiro atoms. The highest BCUT2D eigenvalue weighted by Crippen LogP contribution is 2.36. The Hall–Kier alpha value is -4.04. The fourth-order valence-corrected chi connectivity index (χ4v) is 4.19. The summed E-state index contributed by atoms with van der Waals surface area (Å²) in [6.07, 6.45) is 0. The zero-order valence-corrected chi connectivity index (χ0v) is 17.9. The highest BCUT2D eigenvalue weighted by Gasteiger charge is 2.16. The van der Waals surface area contributed by atoms with Gasteiger partial charge in [0, 0.05) is 22.0 Å². The minimum absolute atomic E-state index is 0.526. The number of rotatable bonds is 2. The summed E-state index contributed by atoms with van der Waals surface area (Å²) in [4.78, 5) is 17.0. The molecule has 0 atom stereocenters. The van der Waals surface area contributed by atoms with Gasteiger partial charge in [0.2, 0.25) is 0 Å². The molecule has 31 heavy (non-hydrogen) atoms. The highest BCUT2D eigenvalue weighted by molar-refractivity contribution is 6.09. The molecule has 0 saturated carbocycles. The third-order valence-electron chi connectivity index (χ3n) is 5.54.